The highest BCUT2D eigenvalue weighted by Gasteiger charge is 1.92. The van der Waals surface area contributed by atoms with E-state index in [0.717, 1.165) is 0 Å². The quantitative estimate of drug-likeness (QED) is 0.469. The average Bonchev–Trinajstić information content (AvgIpc) is 2.33. The Labute approximate surface area is 113 Å². The van der Waals surface area contributed by atoms with E-state index in [1.54, 1.807) is 6.08 Å². The molecule has 0 rings (SSSR count). The first kappa shape index (κ1) is 25.6. The standard InChI is InChI=1S/C7H10O3.C3H9N.2C2H6/c8-6-4-2-1-3-5-7(9)10;1-4(2)3;2*1-2/h2,4,6H,1,3,5H2,(H,9,10);1-3H3;2*1-2H3/b4-2+;;;. The monoisotopic (exact) mass is 261 g/mol. The molecule has 0 saturated heterocycles. The van der Waals surface area contributed by atoms with Crippen molar-refractivity contribution in [3.63, 3.8) is 0 Å². The minimum atomic E-state index is -0.792. The van der Waals surface area contributed by atoms with Gasteiger partial charge in [-0.2, -0.15) is 0 Å². The highest BCUT2D eigenvalue weighted by molar-refractivity contribution is 5.66. The summed E-state index contributed by atoms with van der Waals surface area (Å²) in [5.74, 6) is -0.792. The van der Waals surface area contributed by atoms with Crippen molar-refractivity contribution in [1.29, 1.82) is 0 Å². The Balaban J connectivity index is -0.000000102. The number of allylic oxidation sites excluding steroid dienone is 2. The zero-order valence-electron chi connectivity index (χ0n) is 13.1. The van der Waals surface area contributed by atoms with Crippen LogP contribution in [0.3, 0.4) is 0 Å². The van der Waals surface area contributed by atoms with Crippen LogP contribution in [0.4, 0.5) is 0 Å². The second kappa shape index (κ2) is 29.7. The van der Waals surface area contributed by atoms with Gasteiger partial charge in [-0.05, 0) is 40.1 Å². The summed E-state index contributed by atoms with van der Waals surface area (Å²) >= 11 is 0. The van der Waals surface area contributed by atoms with Crippen LogP contribution in [0.1, 0.15) is 47.0 Å². The first-order chi connectivity index (χ1) is 8.50. The molecule has 0 heterocycles. The second-order valence-corrected chi connectivity index (χ2v) is 3.19. The predicted molar refractivity (Wildman–Crippen MR) is 79.0 cm³/mol. The predicted octanol–water partition coefficient (Wildman–Crippen LogP) is 3.23. The van der Waals surface area contributed by atoms with Crippen LogP contribution >= 0.6 is 0 Å². The maximum absolute atomic E-state index is 9.94. The normalized spacial score (nSPS) is 8.22. The van der Waals surface area contributed by atoms with Gasteiger partial charge in [0.25, 0.3) is 0 Å². The number of carboxylic acids is 1. The van der Waals surface area contributed by atoms with Gasteiger partial charge in [-0.1, -0.05) is 33.8 Å². The molecule has 0 aromatic carbocycles. The number of carboxylic acid groups (broad SMARTS) is 1. The minimum Gasteiger partial charge on any atom is -0.481 e. The number of carbonyl (C=O) groups excluding carboxylic acids is 1. The molecule has 0 fully saturated rings. The number of aliphatic carboxylic acids is 1. The molecule has 4 heteroatoms. The van der Waals surface area contributed by atoms with E-state index in [2.05, 4.69) is 0 Å². The van der Waals surface area contributed by atoms with E-state index < -0.39 is 5.97 Å². The molecule has 0 aromatic heterocycles. The van der Waals surface area contributed by atoms with Crippen molar-refractivity contribution < 1.29 is 14.7 Å². The SMILES string of the molecule is CC.CC.CN(C)C.O=C/C=C/CCCC(=O)O. The highest BCUT2D eigenvalue weighted by atomic mass is 16.4. The third-order valence-electron chi connectivity index (χ3n) is 0.976. The first-order valence-corrected chi connectivity index (χ1v) is 6.43. The molecule has 110 valence electrons. The Kier molecular flexibility index (Phi) is 42.3. The van der Waals surface area contributed by atoms with Gasteiger partial charge in [0.2, 0.25) is 0 Å². The molecular weight excluding hydrogens is 230 g/mol. The molecule has 0 aliphatic rings. The van der Waals surface area contributed by atoms with Crippen LogP contribution in [-0.2, 0) is 9.59 Å². The van der Waals surface area contributed by atoms with Crippen molar-refractivity contribution in [2.24, 2.45) is 0 Å². The van der Waals surface area contributed by atoms with E-state index in [4.69, 9.17) is 5.11 Å². The summed E-state index contributed by atoms with van der Waals surface area (Å²) in [5, 5.41) is 8.18. The van der Waals surface area contributed by atoms with Crippen molar-refractivity contribution in [3.8, 4) is 0 Å². The minimum absolute atomic E-state index is 0.170. The Morgan fingerprint density at radius 3 is 1.78 bits per heavy atom. The number of nitrogens with zero attached hydrogens (tertiary/aromatic N) is 1. The molecule has 4 nitrogen and oxygen atoms in total. The van der Waals surface area contributed by atoms with Crippen LogP contribution in [-0.4, -0.2) is 43.4 Å². The van der Waals surface area contributed by atoms with Crippen LogP contribution in [0, 0.1) is 0 Å². The number of aldehydes is 1. The molecule has 18 heavy (non-hydrogen) atoms. The number of carbonyl (C=O) groups is 2. The highest BCUT2D eigenvalue weighted by Crippen LogP contribution is 1.95. The van der Waals surface area contributed by atoms with Crippen LogP contribution < -0.4 is 0 Å². The summed E-state index contributed by atoms with van der Waals surface area (Å²) in [6.45, 7) is 8.00. The van der Waals surface area contributed by atoms with Gasteiger partial charge >= 0.3 is 5.97 Å². The number of hydrogen-bond donors (Lipinski definition) is 1. The van der Waals surface area contributed by atoms with Gasteiger partial charge in [0.05, 0.1) is 0 Å². The van der Waals surface area contributed by atoms with Gasteiger partial charge < -0.3 is 10.0 Å². The lowest BCUT2D eigenvalue weighted by atomic mass is 10.2. The smallest absolute Gasteiger partial charge is 0.303 e. The fraction of sp³-hybridized carbons (Fsp3) is 0.714. The molecule has 0 saturated carbocycles. The Hall–Kier alpha value is -1.16. The molecule has 0 bridgehead atoms. The molecule has 0 spiro atoms. The lowest BCUT2D eigenvalue weighted by Gasteiger charge is -1.90. The second-order valence-electron chi connectivity index (χ2n) is 3.19. The van der Waals surface area contributed by atoms with Crippen LogP contribution in [0.25, 0.3) is 0 Å². The molecule has 0 atom stereocenters. The van der Waals surface area contributed by atoms with Crippen molar-refractivity contribution in [1.82, 2.24) is 4.90 Å². The fourth-order valence-corrected chi connectivity index (χ4v) is 0.523. The third kappa shape index (κ3) is 83.3. The van der Waals surface area contributed by atoms with Gasteiger partial charge in [0.1, 0.15) is 6.29 Å². The molecule has 0 aliphatic carbocycles. The van der Waals surface area contributed by atoms with E-state index >= 15 is 0 Å². The topological polar surface area (TPSA) is 57.6 Å². The van der Waals surface area contributed by atoms with Gasteiger partial charge in [0, 0.05) is 6.42 Å². The van der Waals surface area contributed by atoms with Crippen LogP contribution in [0.15, 0.2) is 12.2 Å². The molecular formula is C14H31NO3. The lowest BCUT2D eigenvalue weighted by molar-refractivity contribution is -0.137. The van der Waals surface area contributed by atoms with Gasteiger partial charge in [-0.25, -0.2) is 0 Å². The number of rotatable bonds is 5. The zero-order valence-corrected chi connectivity index (χ0v) is 13.1. The molecule has 0 unspecified atom stereocenters. The van der Waals surface area contributed by atoms with Crippen LogP contribution in [0.2, 0.25) is 0 Å². The summed E-state index contributed by atoms with van der Waals surface area (Å²) in [5.41, 5.74) is 0. The van der Waals surface area contributed by atoms with E-state index in [1.165, 1.54) is 6.08 Å². The summed E-state index contributed by atoms with van der Waals surface area (Å²) in [4.78, 5) is 21.6. The third-order valence-corrected chi connectivity index (χ3v) is 0.976. The maximum Gasteiger partial charge on any atom is 0.303 e. The van der Waals surface area contributed by atoms with E-state index in [9.17, 15) is 9.59 Å². The zero-order chi connectivity index (χ0) is 15.4. The van der Waals surface area contributed by atoms with E-state index in [0.29, 0.717) is 19.1 Å². The molecule has 0 amide bonds. The fourth-order valence-electron chi connectivity index (χ4n) is 0.523. The van der Waals surface area contributed by atoms with E-state index in [1.807, 2.05) is 53.7 Å². The van der Waals surface area contributed by atoms with Crippen molar-refractivity contribution in [2.45, 2.75) is 47.0 Å². The maximum atomic E-state index is 9.94. The molecule has 0 aliphatic heterocycles. The Morgan fingerprint density at radius 2 is 1.50 bits per heavy atom. The summed E-state index contributed by atoms with van der Waals surface area (Å²) in [6.07, 6.45) is 5.15. The van der Waals surface area contributed by atoms with Crippen molar-refractivity contribution in [3.05, 3.63) is 12.2 Å². The van der Waals surface area contributed by atoms with Gasteiger partial charge in [-0.15, -0.1) is 0 Å². The largest absolute Gasteiger partial charge is 0.481 e. The van der Waals surface area contributed by atoms with Gasteiger partial charge in [0.15, 0.2) is 0 Å². The Morgan fingerprint density at radius 1 is 1.11 bits per heavy atom. The number of hydrogen-bond acceptors (Lipinski definition) is 3. The summed E-state index contributed by atoms with van der Waals surface area (Å²) in [7, 11) is 6.00. The number of unbranched alkanes of at least 4 members (excludes halogenated alkanes) is 1. The van der Waals surface area contributed by atoms with Crippen molar-refractivity contribution in [2.75, 3.05) is 21.1 Å². The lowest BCUT2D eigenvalue weighted by Crippen LogP contribution is -1.99. The molecule has 0 radical (unpaired) electrons. The Bertz CT molecular complexity index is 175. The molecule has 1 N–H and O–H groups in total. The summed E-state index contributed by atoms with van der Waals surface area (Å²) < 4.78 is 0. The first-order valence-electron chi connectivity index (χ1n) is 6.43. The van der Waals surface area contributed by atoms with Crippen LogP contribution in [0.5, 0.6) is 0 Å². The summed E-state index contributed by atoms with van der Waals surface area (Å²) in [6, 6.07) is 0. The molecule has 0 aromatic rings. The average molecular weight is 261 g/mol. The van der Waals surface area contributed by atoms with Gasteiger partial charge in [-0.3, -0.25) is 9.59 Å². The van der Waals surface area contributed by atoms with Crippen molar-refractivity contribution >= 4 is 12.3 Å². The van der Waals surface area contributed by atoms with E-state index in [-0.39, 0.29) is 6.42 Å².